The molecule has 2 aliphatic rings. The number of carbonyl (C=O) groups excluding carboxylic acids is 4. The van der Waals surface area contributed by atoms with Crippen LogP contribution in [-0.2, 0) is 19.2 Å². The van der Waals surface area contributed by atoms with Gasteiger partial charge in [-0.2, -0.15) is 0 Å². The maximum absolute atomic E-state index is 12.9. The van der Waals surface area contributed by atoms with Gasteiger partial charge in [0.1, 0.15) is 6.04 Å². The average molecular weight is 549 g/mol. The summed E-state index contributed by atoms with van der Waals surface area (Å²) in [7, 11) is 0. The summed E-state index contributed by atoms with van der Waals surface area (Å²) in [6.45, 7) is 7.01. The van der Waals surface area contributed by atoms with E-state index in [2.05, 4.69) is 6.58 Å². The lowest BCUT2D eigenvalue weighted by Crippen LogP contribution is -2.37. The SMILES string of the molecule is C=C(N1C(=O)C=CC1=O)[N+](=O)C(C)CCC(CCCO)(CCCO)CCC(C)[N+](=O)CCN1C(=O)C=CC1=O. The van der Waals surface area contributed by atoms with Crippen molar-refractivity contribution in [2.24, 2.45) is 5.41 Å². The highest BCUT2D eigenvalue weighted by molar-refractivity contribution is 6.14. The van der Waals surface area contributed by atoms with Crippen LogP contribution in [0.15, 0.2) is 36.7 Å². The van der Waals surface area contributed by atoms with E-state index in [4.69, 9.17) is 0 Å². The quantitative estimate of drug-likeness (QED) is 0.183. The molecular weight excluding hydrogens is 508 g/mol. The van der Waals surface area contributed by atoms with Crippen molar-refractivity contribution in [3.63, 3.8) is 0 Å². The van der Waals surface area contributed by atoms with Crippen LogP contribution in [0, 0.1) is 15.2 Å². The topological polar surface area (TPSA) is 155 Å². The Labute approximate surface area is 228 Å². The number of nitroso groups, excluding NO2 is 2. The van der Waals surface area contributed by atoms with E-state index >= 15 is 0 Å². The van der Waals surface area contributed by atoms with Gasteiger partial charge < -0.3 is 10.2 Å². The molecule has 39 heavy (non-hydrogen) atoms. The highest BCUT2D eigenvalue weighted by Gasteiger charge is 2.40. The Hall–Kier alpha value is -3.38. The molecule has 0 bridgehead atoms. The third-order valence-corrected chi connectivity index (χ3v) is 7.57. The fourth-order valence-electron chi connectivity index (χ4n) is 5.03. The Morgan fingerprint density at radius 3 is 1.77 bits per heavy atom. The monoisotopic (exact) mass is 548 g/mol. The minimum Gasteiger partial charge on any atom is -0.396 e. The Balaban J connectivity index is 2.03. The molecular formula is C27H40N4O8+2. The van der Waals surface area contributed by atoms with Crippen LogP contribution in [0.3, 0.4) is 0 Å². The van der Waals surface area contributed by atoms with Crippen molar-refractivity contribution in [2.75, 3.05) is 26.3 Å². The van der Waals surface area contributed by atoms with Gasteiger partial charge in [0.2, 0.25) is 6.54 Å². The number of imide groups is 2. The standard InChI is InChI=1S/C27H40N4O8/c1-20(29(38)17-16-28-23(34)6-7-24(28)35)10-14-27(12-4-18-32,13-5-19-33)15-11-21(2)31(39)22(3)30-25(36)8-9-26(30)37/h6-9,20-21,32-33H,3-5,10-19H2,1-2H3/q+2. The largest absolute Gasteiger partial charge is 0.396 e. The molecule has 0 aliphatic carbocycles. The normalized spacial score (nSPS) is 16.9. The van der Waals surface area contributed by atoms with Gasteiger partial charge in [0, 0.05) is 60.5 Å². The van der Waals surface area contributed by atoms with E-state index in [0.29, 0.717) is 56.1 Å². The molecule has 12 nitrogen and oxygen atoms in total. The number of aliphatic hydroxyl groups excluding tert-OH is 2. The molecule has 0 aromatic rings. The number of hydrogen-bond acceptors (Lipinski definition) is 8. The van der Waals surface area contributed by atoms with Crippen LogP contribution in [-0.4, -0.2) is 91.5 Å². The van der Waals surface area contributed by atoms with Crippen molar-refractivity contribution in [2.45, 2.75) is 77.3 Å². The molecule has 0 aromatic heterocycles. The summed E-state index contributed by atoms with van der Waals surface area (Å²) in [6.07, 6.45) is 8.81. The second-order valence-corrected chi connectivity index (χ2v) is 10.3. The lowest BCUT2D eigenvalue weighted by molar-refractivity contribution is -0.583. The predicted octanol–water partition coefficient (Wildman–Crippen LogP) is 1.73. The Bertz CT molecular complexity index is 1010. The minimum absolute atomic E-state index is 0.00302. The molecule has 0 aromatic carbocycles. The summed E-state index contributed by atoms with van der Waals surface area (Å²) in [6, 6.07) is -1.03. The first-order valence-electron chi connectivity index (χ1n) is 13.4. The maximum atomic E-state index is 12.9. The molecule has 2 aliphatic heterocycles. The van der Waals surface area contributed by atoms with Crippen molar-refractivity contribution in [1.29, 1.82) is 0 Å². The molecule has 12 heteroatoms. The molecule has 2 rings (SSSR count). The smallest absolute Gasteiger partial charge is 0.342 e. The van der Waals surface area contributed by atoms with E-state index in [1.807, 2.05) is 0 Å². The number of rotatable bonds is 19. The summed E-state index contributed by atoms with van der Waals surface area (Å²) in [5, 5.41) is 19.1. The molecule has 2 atom stereocenters. The van der Waals surface area contributed by atoms with Gasteiger partial charge in [-0.25, -0.2) is 9.59 Å². The third-order valence-electron chi connectivity index (χ3n) is 7.57. The average Bonchev–Trinajstić information content (AvgIpc) is 3.43. The van der Waals surface area contributed by atoms with E-state index in [1.54, 1.807) is 13.8 Å². The first-order valence-corrected chi connectivity index (χ1v) is 13.4. The number of nitrogens with zero attached hydrogens (tertiary/aromatic N) is 4. The van der Waals surface area contributed by atoms with Crippen LogP contribution >= 0.6 is 0 Å². The highest BCUT2D eigenvalue weighted by Crippen LogP contribution is 2.41. The zero-order chi connectivity index (χ0) is 29.2. The lowest BCUT2D eigenvalue weighted by atomic mass is 9.71. The molecule has 2 heterocycles. The Kier molecular flexibility index (Phi) is 12.0. The van der Waals surface area contributed by atoms with Gasteiger partial charge >= 0.3 is 17.6 Å². The summed E-state index contributed by atoms with van der Waals surface area (Å²) in [5.74, 6) is -2.37. The van der Waals surface area contributed by atoms with E-state index in [1.165, 1.54) is 12.2 Å². The summed E-state index contributed by atoms with van der Waals surface area (Å²) < 4.78 is 1.41. The fraction of sp³-hybridized carbons (Fsp3) is 0.630. The number of aliphatic hydroxyl groups is 2. The number of hydrogen-bond donors (Lipinski definition) is 2. The molecule has 0 saturated heterocycles. The van der Waals surface area contributed by atoms with Crippen molar-refractivity contribution >= 4 is 23.6 Å². The van der Waals surface area contributed by atoms with Crippen LogP contribution < -0.4 is 0 Å². The van der Waals surface area contributed by atoms with Gasteiger partial charge in [0.05, 0.1) is 6.54 Å². The second kappa shape index (κ2) is 14.7. The van der Waals surface area contributed by atoms with Crippen LogP contribution in [0.4, 0.5) is 0 Å². The van der Waals surface area contributed by atoms with Crippen molar-refractivity contribution in [1.82, 2.24) is 9.80 Å². The van der Waals surface area contributed by atoms with Crippen LogP contribution in [0.5, 0.6) is 0 Å². The molecule has 2 N–H and O–H groups in total. The Morgan fingerprint density at radius 1 is 0.821 bits per heavy atom. The van der Waals surface area contributed by atoms with Crippen molar-refractivity contribution in [3.05, 3.63) is 46.5 Å². The summed E-state index contributed by atoms with van der Waals surface area (Å²) >= 11 is 0. The van der Waals surface area contributed by atoms with E-state index in [0.717, 1.165) is 26.7 Å². The second-order valence-electron chi connectivity index (χ2n) is 10.3. The molecule has 214 valence electrons. The van der Waals surface area contributed by atoms with E-state index in [-0.39, 0.29) is 37.5 Å². The molecule has 4 amide bonds. The van der Waals surface area contributed by atoms with E-state index in [9.17, 15) is 39.2 Å². The summed E-state index contributed by atoms with van der Waals surface area (Å²) in [4.78, 5) is 74.7. The molecule has 0 radical (unpaired) electrons. The van der Waals surface area contributed by atoms with Gasteiger partial charge in [0.25, 0.3) is 11.8 Å². The Morgan fingerprint density at radius 2 is 1.28 bits per heavy atom. The molecule has 0 saturated carbocycles. The lowest BCUT2D eigenvalue weighted by Gasteiger charge is -2.35. The zero-order valence-electron chi connectivity index (χ0n) is 22.8. The van der Waals surface area contributed by atoms with Crippen molar-refractivity contribution in [3.8, 4) is 0 Å². The highest BCUT2D eigenvalue weighted by atomic mass is 16.3. The first-order chi connectivity index (χ1) is 18.5. The van der Waals surface area contributed by atoms with Crippen LogP contribution in [0.1, 0.15) is 65.2 Å². The van der Waals surface area contributed by atoms with Gasteiger partial charge in [-0.1, -0.05) is 4.91 Å². The van der Waals surface area contributed by atoms with Gasteiger partial charge in [-0.3, -0.25) is 14.5 Å². The maximum Gasteiger partial charge on any atom is 0.342 e. The van der Waals surface area contributed by atoms with Crippen molar-refractivity contribution < 1.29 is 38.9 Å². The van der Waals surface area contributed by atoms with E-state index < -0.39 is 35.7 Å². The third kappa shape index (κ3) is 8.56. The van der Waals surface area contributed by atoms with Gasteiger partial charge in [0.15, 0.2) is 6.04 Å². The molecule has 0 spiro atoms. The van der Waals surface area contributed by atoms with Gasteiger partial charge in [-0.15, -0.1) is 4.90 Å². The number of carbonyl (C=O) groups is 4. The molecule has 0 fully saturated rings. The number of amides is 4. The first kappa shape index (κ1) is 31.8. The van der Waals surface area contributed by atoms with Crippen LogP contribution in [0.2, 0.25) is 0 Å². The fourth-order valence-corrected chi connectivity index (χ4v) is 5.03. The van der Waals surface area contributed by atoms with Gasteiger partial charge in [-0.05, 0) is 68.6 Å². The summed E-state index contributed by atoms with van der Waals surface area (Å²) in [5.41, 5.74) is -0.372. The molecule has 2 unspecified atom stereocenters. The minimum atomic E-state index is -0.621. The zero-order valence-corrected chi connectivity index (χ0v) is 22.8. The predicted molar refractivity (Wildman–Crippen MR) is 141 cm³/mol. The van der Waals surface area contributed by atoms with Crippen LogP contribution in [0.25, 0.3) is 0 Å².